The summed E-state index contributed by atoms with van der Waals surface area (Å²) in [6.45, 7) is 9.13. The molecule has 102 valence electrons. The molecule has 0 fully saturated rings. The molecule has 0 spiro atoms. The van der Waals surface area contributed by atoms with Gasteiger partial charge in [0.05, 0.1) is 19.1 Å². The number of esters is 1. The Kier molecular flexibility index (Phi) is 8.17. The molecule has 0 aromatic carbocycles. The first-order chi connectivity index (χ1) is 7.86. The first-order valence-electron chi connectivity index (χ1n) is 6.40. The van der Waals surface area contributed by atoms with Gasteiger partial charge in [0.2, 0.25) is 0 Å². The summed E-state index contributed by atoms with van der Waals surface area (Å²) in [5.74, 6) is 0.305. The molecule has 2 unspecified atom stereocenters. The van der Waals surface area contributed by atoms with Crippen LogP contribution in [0, 0.1) is 5.92 Å². The second-order valence-corrected chi connectivity index (χ2v) is 5.08. The number of aliphatic hydroxyl groups excluding tert-OH is 1. The average molecular weight is 245 g/mol. The van der Waals surface area contributed by atoms with E-state index in [1.807, 2.05) is 7.05 Å². The monoisotopic (exact) mass is 245 g/mol. The Morgan fingerprint density at radius 2 is 1.94 bits per heavy atom. The number of carbonyl (C=O) groups is 1. The van der Waals surface area contributed by atoms with Crippen LogP contribution < -0.4 is 0 Å². The minimum atomic E-state index is -0.645. The lowest BCUT2D eigenvalue weighted by Crippen LogP contribution is -2.37. The lowest BCUT2D eigenvalue weighted by molar-refractivity contribution is -0.145. The van der Waals surface area contributed by atoms with E-state index in [9.17, 15) is 9.90 Å². The Morgan fingerprint density at radius 3 is 2.41 bits per heavy atom. The number of rotatable bonds is 8. The summed E-state index contributed by atoms with van der Waals surface area (Å²) >= 11 is 0. The molecule has 4 nitrogen and oxygen atoms in total. The van der Waals surface area contributed by atoms with Crippen LogP contribution in [0.5, 0.6) is 0 Å². The van der Waals surface area contributed by atoms with E-state index < -0.39 is 6.10 Å². The lowest BCUT2D eigenvalue weighted by atomic mass is 10.0. The van der Waals surface area contributed by atoms with Crippen molar-refractivity contribution in [3.05, 3.63) is 0 Å². The van der Waals surface area contributed by atoms with Crippen molar-refractivity contribution in [2.75, 3.05) is 20.2 Å². The summed E-state index contributed by atoms with van der Waals surface area (Å²) < 4.78 is 4.80. The van der Waals surface area contributed by atoms with Crippen molar-refractivity contribution in [3.8, 4) is 0 Å². The van der Waals surface area contributed by atoms with Gasteiger partial charge in [-0.2, -0.15) is 0 Å². The Labute approximate surface area is 105 Å². The Balaban J connectivity index is 3.93. The van der Waals surface area contributed by atoms with Crippen LogP contribution in [0.1, 0.15) is 40.5 Å². The van der Waals surface area contributed by atoms with Crippen molar-refractivity contribution >= 4 is 5.97 Å². The van der Waals surface area contributed by atoms with Crippen LogP contribution in [-0.2, 0) is 9.53 Å². The van der Waals surface area contributed by atoms with Crippen molar-refractivity contribution in [2.24, 2.45) is 5.92 Å². The summed E-state index contributed by atoms with van der Waals surface area (Å²) in [5, 5.41) is 9.76. The largest absolute Gasteiger partial charge is 0.466 e. The topological polar surface area (TPSA) is 49.8 Å². The number of hydrogen-bond acceptors (Lipinski definition) is 4. The fraction of sp³-hybridized carbons (Fsp3) is 0.923. The molecule has 0 rings (SSSR count). The normalized spacial score (nSPS) is 15.1. The van der Waals surface area contributed by atoms with Gasteiger partial charge in [0.1, 0.15) is 0 Å². The number of ether oxygens (including phenoxy) is 1. The van der Waals surface area contributed by atoms with E-state index in [4.69, 9.17) is 4.74 Å². The molecular weight excluding hydrogens is 218 g/mol. The molecule has 0 aliphatic carbocycles. The van der Waals surface area contributed by atoms with Gasteiger partial charge in [-0.15, -0.1) is 0 Å². The summed E-state index contributed by atoms with van der Waals surface area (Å²) in [7, 11) is 1.97. The van der Waals surface area contributed by atoms with Crippen molar-refractivity contribution in [2.45, 2.75) is 52.7 Å². The number of likely N-dealkylation sites (N-methyl/N-ethyl adjacent to an activating group) is 1. The Morgan fingerprint density at radius 1 is 1.35 bits per heavy atom. The van der Waals surface area contributed by atoms with Gasteiger partial charge in [-0.1, -0.05) is 13.8 Å². The summed E-state index contributed by atoms with van der Waals surface area (Å²) in [4.78, 5) is 13.3. The molecule has 0 aromatic rings. The third-order valence-corrected chi connectivity index (χ3v) is 2.77. The SMILES string of the molecule is CCOC(=O)CC(O)CN(C)C(C)CC(C)C. The summed E-state index contributed by atoms with van der Waals surface area (Å²) in [5.41, 5.74) is 0. The highest BCUT2D eigenvalue weighted by atomic mass is 16.5. The van der Waals surface area contributed by atoms with Crippen LogP contribution in [0.4, 0.5) is 0 Å². The maximum atomic E-state index is 11.2. The molecule has 0 aliphatic rings. The predicted octanol–water partition coefficient (Wildman–Crippen LogP) is 1.67. The first-order valence-corrected chi connectivity index (χ1v) is 6.40. The van der Waals surface area contributed by atoms with Crippen molar-refractivity contribution in [1.29, 1.82) is 0 Å². The Hall–Kier alpha value is -0.610. The van der Waals surface area contributed by atoms with Crippen molar-refractivity contribution in [1.82, 2.24) is 4.90 Å². The van der Waals surface area contributed by atoms with Gasteiger partial charge in [-0.3, -0.25) is 4.79 Å². The second kappa shape index (κ2) is 8.48. The zero-order chi connectivity index (χ0) is 13.4. The minimum absolute atomic E-state index is 0.0760. The van der Waals surface area contributed by atoms with Gasteiger partial charge < -0.3 is 14.7 Å². The van der Waals surface area contributed by atoms with Crippen LogP contribution in [-0.4, -0.2) is 48.3 Å². The molecule has 0 saturated carbocycles. The quantitative estimate of drug-likeness (QED) is 0.661. The summed E-state index contributed by atoms with van der Waals surface area (Å²) in [6.07, 6.45) is 0.517. The van der Waals surface area contributed by atoms with E-state index in [0.717, 1.165) is 6.42 Å². The molecule has 17 heavy (non-hydrogen) atoms. The highest BCUT2D eigenvalue weighted by Crippen LogP contribution is 2.10. The van der Waals surface area contributed by atoms with E-state index in [2.05, 4.69) is 25.7 Å². The molecule has 4 heteroatoms. The number of aliphatic hydroxyl groups is 1. The third-order valence-electron chi connectivity index (χ3n) is 2.77. The van der Waals surface area contributed by atoms with Crippen LogP contribution in [0.25, 0.3) is 0 Å². The zero-order valence-corrected chi connectivity index (χ0v) is 11.8. The third kappa shape index (κ3) is 8.16. The maximum Gasteiger partial charge on any atom is 0.308 e. The molecule has 0 bridgehead atoms. The van der Waals surface area contributed by atoms with Crippen molar-refractivity contribution < 1.29 is 14.6 Å². The minimum Gasteiger partial charge on any atom is -0.466 e. The van der Waals surface area contributed by atoms with E-state index in [1.54, 1.807) is 6.92 Å². The average Bonchev–Trinajstić information content (AvgIpc) is 2.16. The van der Waals surface area contributed by atoms with Gasteiger partial charge in [-0.25, -0.2) is 0 Å². The molecule has 0 amide bonds. The molecule has 0 aliphatic heterocycles. The van der Waals surface area contributed by atoms with Gasteiger partial charge in [0, 0.05) is 12.6 Å². The van der Waals surface area contributed by atoms with E-state index >= 15 is 0 Å². The number of carbonyl (C=O) groups excluding carboxylic acids is 1. The Bertz CT molecular complexity index is 219. The van der Waals surface area contributed by atoms with Gasteiger partial charge >= 0.3 is 5.97 Å². The van der Waals surface area contributed by atoms with Gasteiger partial charge in [0.15, 0.2) is 0 Å². The van der Waals surface area contributed by atoms with Crippen molar-refractivity contribution in [3.63, 3.8) is 0 Å². The smallest absolute Gasteiger partial charge is 0.308 e. The summed E-state index contributed by atoms with van der Waals surface area (Å²) in [6, 6.07) is 0.409. The first kappa shape index (κ1) is 16.4. The molecule has 0 radical (unpaired) electrons. The molecule has 0 saturated heterocycles. The fourth-order valence-electron chi connectivity index (χ4n) is 1.85. The van der Waals surface area contributed by atoms with Crippen LogP contribution >= 0.6 is 0 Å². The van der Waals surface area contributed by atoms with Crippen LogP contribution in [0.15, 0.2) is 0 Å². The zero-order valence-electron chi connectivity index (χ0n) is 11.8. The lowest BCUT2D eigenvalue weighted by Gasteiger charge is -2.27. The maximum absolute atomic E-state index is 11.2. The number of nitrogens with zero attached hydrogens (tertiary/aromatic N) is 1. The molecule has 1 N–H and O–H groups in total. The van der Waals surface area contributed by atoms with E-state index in [0.29, 0.717) is 25.1 Å². The highest BCUT2D eigenvalue weighted by Gasteiger charge is 2.17. The van der Waals surface area contributed by atoms with E-state index in [1.165, 1.54) is 0 Å². The van der Waals surface area contributed by atoms with E-state index in [-0.39, 0.29) is 12.4 Å². The van der Waals surface area contributed by atoms with Gasteiger partial charge in [0.25, 0.3) is 0 Å². The molecular formula is C13H27NO3. The standard InChI is InChI=1S/C13H27NO3/c1-6-17-13(16)8-12(15)9-14(5)11(4)7-10(2)3/h10-12,15H,6-9H2,1-5H3. The number of hydrogen-bond donors (Lipinski definition) is 1. The second-order valence-electron chi connectivity index (χ2n) is 5.08. The van der Waals surface area contributed by atoms with Gasteiger partial charge in [-0.05, 0) is 33.2 Å². The predicted molar refractivity (Wildman–Crippen MR) is 68.8 cm³/mol. The highest BCUT2D eigenvalue weighted by molar-refractivity contribution is 5.69. The molecule has 2 atom stereocenters. The fourth-order valence-corrected chi connectivity index (χ4v) is 1.85. The van der Waals surface area contributed by atoms with Crippen LogP contribution in [0.2, 0.25) is 0 Å². The van der Waals surface area contributed by atoms with Crippen LogP contribution in [0.3, 0.4) is 0 Å². The molecule has 0 aromatic heterocycles. The molecule has 0 heterocycles.